The summed E-state index contributed by atoms with van der Waals surface area (Å²) in [7, 11) is 4.44. The molecule has 0 spiro atoms. The van der Waals surface area contributed by atoms with Crippen molar-refractivity contribution < 1.29 is 23.7 Å². The lowest BCUT2D eigenvalue weighted by Crippen LogP contribution is -2.11. The van der Waals surface area contributed by atoms with Crippen LogP contribution in [-0.2, 0) is 0 Å². The molecular formula is C21H20N2O5. The van der Waals surface area contributed by atoms with Gasteiger partial charge in [-0.15, -0.1) is 10.2 Å². The van der Waals surface area contributed by atoms with Crippen LogP contribution >= 0.6 is 0 Å². The Morgan fingerprint density at radius 1 is 0.821 bits per heavy atom. The average molecular weight is 380 g/mol. The number of rotatable bonds is 6. The monoisotopic (exact) mass is 380 g/mol. The third-order valence-electron chi connectivity index (χ3n) is 4.09. The van der Waals surface area contributed by atoms with E-state index in [1.165, 1.54) is 33.5 Å². The zero-order chi connectivity index (χ0) is 20.1. The van der Waals surface area contributed by atoms with Crippen LogP contribution in [0.2, 0.25) is 0 Å². The van der Waals surface area contributed by atoms with Crippen molar-refractivity contribution in [1.82, 2.24) is 10.2 Å². The molecule has 0 atom stereocenters. The number of methoxy groups -OCH3 is 3. The van der Waals surface area contributed by atoms with Gasteiger partial charge in [-0.25, -0.2) is 4.79 Å². The molecule has 3 rings (SSSR count). The average Bonchev–Trinajstić information content (AvgIpc) is 2.73. The van der Waals surface area contributed by atoms with Crippen molar-refractivity contribution in [2.45, 2.75) is 6.92 Å². The molecule has 7 nitrogen and oxygen atoms in total. The van der Waals surface area contributed by atoms with E-state index >= 15 is 0 Å². The highest BCUT2D eigenvalue weighted by Crippen LogP contribution is 2.38. The van der Waals surface area contributed by atoms with Gasteiger partial charge in [-0.05, 0) is 25.1 Å². The summed E-state index contributed by atoms with van der Waals surface area (Å²) in [6, 6.07) is 14.3. The molecule has 1 aromatic heterocycles. The van der Waals surface area contributed by atoms with Crippen LogP contribution < -0.4 is 18.9 Å². The number of nitrogens with zero attached hydrogens (tertiary/aromatic N) is 2. The van der Waals surface area contributed by atoms with Gasteiger partial charge in [0, 0.05) is 11.6 Å². The highest BCUT2D eigenvalue weighted by atomic mass is 16.5. The fraction of sp³-hybridized carbons (Fsp3) is 0.190. The predicted molar refractivity (Wildman–Crippen MR) is 103 cm³/mol. The second-order valence-electron chi connectivity index (χ2n) is 5.93. The van der Waals surface area contributed by atoms with E-state index in [9.17, 15) is 4.79 Å². The number of carbonyl (C=O) groups excluding carboxylic acids is 1. The quantitative estimate of drug-likeness (QED) is 0.603. The number of hydrogen-bond acceptors (Lipinski definition) is 7. The molecule has 1 heterocycles. The number of benzene rings is 2. The lowest BCUT2D eigenvalue weighted by molar-refractivity contribution is 0.0725. The molecule has 0 saturated carbocycles. The van der Waals surface area contributed by atoms with Crippen LogP contribution in [-0.4, -0.2) is 37.5 Å². The Hall–Kier alpha value is -3.61. The summed E-state index contributed by atoms with van der Waals surface area (Å²) in [5, 5.41) is 8.11. The second kappa shape index (κ2) is 8.39. The summed E-state index contributed by atoms with van der Waals surface area (Å²) < 4.78 is 21.1. The maximum atomic E-state index is 12.5. The number of aromatic nitrogens is 2. The Morgan fingerprint density at radius 2 is 1.46 bits per heavy atom. The minimum atomic E-state index is -0.614. The molecule has 0 aliphatic heterocycles. The molecule has 28 heavy (non-hydrogen) atoms. The first-order chi connectivity index (χ1) is 13.5. The van der Waals surface area contributed by atoms with Crippen molar-refractivity contribution in [3.05, 3.63) is 59.7 Å². The largest absolute Gasteiger partial charge is 0.493 e. The summed E-state index contributed by atoms with van der Waals surface area (Å²) in [6.07, 6.45) is 0. The molecule has 0 radical (unpaired) electrons. The van der Waals surface area contributed by atoms with Crippen molar-refractivity contribution >= 4 is 5.97 Å². The van der Waals surface area contributed by atoms with E-state index in [1.807, 2.05) is 31.2 Å². The third-order valence-corrected chi connectivity index (χ3v) is 4.09. The molecule has 0 saturated heterocycles. The minimum absolute atomic E-state index is 0.0922. The van der Waals surface area contributed by atoms with Gasteiger partial charge in [0.15, 0.2) is 11.5 Å². The van der Waals surface area contributed by atoms with Gasteiger partial charge >= 0.3 is 5.97 Å². The fourth-order valence-electron chi connectivity index (χ4n) is 2.61. The van der Waals surface area contributed by atoms with Crippen LogP contribution in [0.25, 0.3) is 11.3 Å². The van der Waals surface area contributed by atoms with Crippen molar-refractivity contribution in [3.8, 4) is 34.4 Å². The summed E-state index contributed by atoms with van der Waals surface area (Å²) in [6.45, 7) is 2.02. The molecule has 0 amide bonds. The second-order valence-corrected chi connectivity index (χ2v) is 5.93. The van der Waals surface area contributed by atoms with Gasteiger partial charge in [0.25, 0.3) is 0 Å². The summed E-state index contributed by atoms with van der Waals surface area (Å²) in [5.74, 6) is 0.583. The number of hydrogen-bond donors (Lipinski definition) is 0. The van der Waals surface area contributed by atoms with E-state index < -0.39 is 5.97 Å². The van der Waals surface area contributed by atoms with Crippen molar-refractivity contribution in [3.63, 3.8) is 0 Å². The maximum absolute atomic E-state index is 12.5. The molecule has 0 unspecified atom stereocenters. The number of aryl methyl sites for hydroxylation is 1. The van der Waals surface area contributed by atoms with Crippen molar-refractivity contribution in [2.24, 2.45) is 0 Å². The van der Waals surface area contributed by atoms with E-state index in [0.29, 0.717) is 22.9 Å². The molecule has 7 heteroatoms. The standard InChI is InChI=1S/C21H20N2O5/c1-13-5-7-14(8-6-13)16-9-10-19(23-22-16)28-21(24)15-11-17(25-2)20(27-4)18(12-15)26-3/h5-12H,1-4H3. The summed E-state index contributed by atoms with van der Waals surface area (Å²) in [4.78, 5) is 12.5. The molecule has 0 aliphatic carbocycles. The van der Waals surface area contributed by atoms with Gasteiger partial charge in [0.05, 0.1) is 32.6 Å². The lowest BCUT2D eigenvalue weighted by atomic mass is 10.1. The van der Waals surface area contributed by atoms with E-state index in [4.69, 9.17) is 18.9 Å². The van der Waals surface area contributed by atoms with E-state index in [0.717, 1.165) is 11.1 Å². The zero-order valence-corrected chi connectivity index (χ0v) is 16.1. The Balaban J connectivity index is 1.80. The normalized spacial score (nSPS) is 10.3. The van der Waals surface area contributed by atoms with Crippen LogP contribution in [0.15, 0.2) is 48.5 Å². The van der Waals surface area contributed by atoms with Crippen molar-refractivity contribution in [1.29, 1.82) is 0 Å². The van der Waals surface area contributed by atoms with Gasteiger partial charge in [-0.2, -0.15) is 0 Å². The van der Waals surface area contributed by atoms with Crippen LogP contribution in [0.5, 0.6) is 23.1 Å². The Labute approximate surface area is 162 Å². The lowest BCUT2D eigenvalue weighted by Gasteiger charge is -2.13. The molecule has 144 valence electrons. The molecule has 0 aliphatic rings. The SMILES string of the molecule is COc1cc(C(=O)Oc2ccc(-c3ccc(C)cc3)nn2)cc(OC)c1OC. The highest BCUT2D eigenvalue weighted by molar-refractivity contribution is 5.92. The summed E-state index contributed by atoms with van der Waals surface area (Å²) in [5.41, 5.74) is 3.01. The van der Waals surface area contributed by atoms with Crippen LogP contribution in [0.3, 0.4) is 0 Å². The van der Waals surface area contributed by atoms with Gasteiger partial charge in [0.1, 0.15) is 0 Å². The van der Waals surface area contributed by atoms with Crippen LogP contribution in [0, 0.1) is 6.92 Å². The topological polar surface area (TPSA) is 79.8 Å². The third kappa shape index (κ3) is 4.03. The molecule has 2 aromatic carbocycles. The van der Waals surface area contributed by atoms with Crippen LogP contribution in [0.1, 0.15) is 15.9 Å². The first kappa shape index (κ1) is 19.2. The van der Waals surface area contributed by atoms with E-state index in [2.05, 4.69) is 10.2 Å². The van der Waals surface area contributed by atoms with Gasteiger partial charge in [0.2, 0.25) is 11.6 Å². The first-order valence-electron chi connectivity index (χ1n) is 8.48. The van der Waals surface area contributed by atoms with Crippen molar-refractivity contribution in [2.75, 3.05) is 21.3 Å². The fourth-order valence-corrected chi connectivity index (χ4v) is 2.61. The van der Waals surface area contributed by atoms with E-state index in [-0.39, 0.29) is 11.4 Å². The number of carbonyl (C=O) groups is 1. The number of ether oxygens (including phenoxy) is 4. The predicted octanol–water partition coefficient (Wildman–Crippen LogP) is 3.70. The minimum Gasteiger partial charge on any atom is -0.493 e. The van der Waals surface area contributed by atoms with Gasteiger partial charge in [-0.1, -0.05) is 29.8 Å². The first-order valence-corrected chi connectivity index (χ1v) is 8.48. The Kier molecular flexibility index (Phi) is 5.74. The Bertz CT molecular complexity index is 944. The van der Waals surface area contributed by atoms with Gasteiger partial charge in [-0.3, -0.25) is 0 Å². The molecule has 0 fully saturated rings. The smallest absolute Gasteiger partial charge is 0.345 e. The Morgan fingerprint density at radius 3 is 1.96 bits per heavy atom. The molecular weight excluding hydrogens is 360 g/mol. The molecule has 0 N–H and O–H groups in total. The highest BCUT2D eigenvalue weighted by Gasteiger charge is 2.19. The zero-order valence-electron chi connectivity index (χ0n) is 16.1. The maximum Gasteiger partial charge on any atom is 0.345 e. The van der Waals surface area contributed by atoms with Gasteiger partial charge < -0.3 is 18.9 Å². The molecule has 3 aromatic rings. The summed E-state index contributed by atoms with van der Waals surface area (Å²) >= 11 is 0. The molecule has 0 bridgehead atoms. The van der Waals surface area contributed by atoms with Crippen LogP contribution in [0.4, 0.5) is 0 Å². The van der Waals surface area contributed by atoms with E-state index in [1.54, 1.807) is 12.1 Å². The number of esters is 1.